The Hall–Kier alpha value is -1.31. The summed E-state index contributed by atoms with van der Waals surface area (Å²) in [6.45, 7) is 11.2. The Balaban J connectivity index is 1.38. The van der Waals surface area contributed by atoms with Gasteiger partial charge in [-0.05, 0) is 98.5 Å². The van der Waals surface area contributed by atoms with Crippen molar-refractivity contribution in [3.63, 3.8) is 0 Å². The molecule has 8 heteroatoms. The van der Waals surface area contributed by atoms with E-state index in [0.717, 1.165) is 31.3 Å². The predicted octanol–water partition coefficient (Wildman–Crippen LogP) is 3.43. The van der Waals surface area contributed by atoms with E-state index >= 15 is 0 Å². The second-order valence-corrected chi connectivity index (χ2v) is 15.8. The lowest BCUT2D eigenvalue weighted by Crippen LogP contribution is -2.66. The molecule has 0 spiro atoms. The van der Waals surface area contributed by atoms with E-state index in [9.17, 15) is 25.2 Å². The smallest absolute Gasteiger partial charge is 0.159 e. The molecule has 8 nitrogen and oxygen atoms in total. The van der Waals surface area contributed by atoms with Gasteiger partial charge in [-0.15, -0.1) is 5.92 Å². The van der Waals surface area contributed by atoms with Gasteiger partial charge in [0.05, 0.1) is 29.5 Å². The Morgan fingerprint density at radius 2 is 1.73 bits per heavy atom. The van der Waals surface area contributed by atoms with Crippen LogP contribution in [0, 0.1) is 58.2 Å². The number of aliphatic hydroxyl groups is 4. The summed E-state index contributed by atoms with van der Waals surface area (Å²) in [5.41, 5.74) is -3.25. The van der Waals surface area contributed by atoms with Gasteiger partial charge in [0.15, 0.2) is 5.78 Å². The van der Waals surface area contributed by atoms with Gasteiger partial charge in [-0.3, -0.25) is 4.79 Å². The molecule has 0 amide bonds. The second kappa shape index (κ2) is 11.4. The average molecular weight is 615 g/mol. The first-order valence-electron chi connectivity index (χ1n) is 17.0. The Morgan fingerprint density at radius 1 is 1.00 bits per heavy atom. The van der Waals surface area contributed by atoms with Crippen LogP contribution in [0.1, 0.15) is 86.0 Å². The number of rotatable bonds is 5. The summed E-state index contributed by atoms with van der Waals surface area (Å²) in [6, 6.07) is 0. The van der Waals surface area contributed by atoms with Crippen molar-refractivity contribution in [3.8, 4) is 11.8 Å². The number of fused-ring (bicyclic) bond motifs is 6. The molecule has 0 aromatic rings. The number of allylic oxidation sites excluding steroid dienone is 1. The van der Waals surface area contributed by atoms with Crippen LogP contribution in [0.25, 0.3) is 0 Å². The molecule has 1 saturated heterocycles. The standard InChI is InChI=1S/C36H54O8/c1-20-21(2)31-32(39)35(5,40)29-12-14-36(41)25-19-28(38)26-18-23(43-16-8-15-42-6)11-13-33(26,3)24(25)17-22(34(29,36)4)9-7-10-27(37)30(20)44-31/h19-24,26-27,29-32,37,39-41H,8-9,11-18H2,1-6H3. The van der Waals surface area contributed by atoms with Crippen molar-refractivity contribution in [2.75, 3.05) is 20.3 Å². The summed E-state index contributed by atoms with van der Waals surface area (Å²) < 4.78 is 17.6. The van der Waals surface area contributed by atoms with Crippen molar-refractivity contribution >= 4 is 5.78 Å². The highest BCUT2D eigenvalue weighted by molar-refractivity contribution is 5.95. The van der Waals surface area contributed by atoms with Gasteiger partial charge >= 0.3 is 0 Å². The lowest BCUT2D eigenvalue weighted by atomic mass is 9.43. The molecular weight excluding hydrogens is 560 g/mol. The summed E-state index contributed by atoms with van der Waals surface area (Å²) in [5.74, 6) is 5.54. The largest absolute Gasteiger partial charge is 0.387 e. The zero-order valence-electron chi connectivity index (χ0n) is 27.4. The SMILES string of the molecule is COCCCOC1CCC2(C)C(C1)C(=O)C=C1C2CC2CC#CC(O)C3OC(C(C)C3C)C(O)C(C)(O)C3CCC1(O)C23C. The fraction of sp³-hybridized carbons (Fsp3) is 0.861. The molecule has 6 aliphatic rings. The van der Waals surface area contributed by atoms with Gasteiger partial charge in [0.1, 0.15) is 12.2 Å². The molecule has 246 valence electrons. The molecule has 4 fully saturated rings. The maximum atomic E-state index is 13.9. The van der Waals surface area contributed by atoms with E-state index in [1.165, 1.54) is 0 Å². The van der Waals surface area contributed by atoms with E-state index < -0.39 is 47.0 Å². The maximum Gasteiger partial charge on any atom is 0.159 e. The van der Waals surface area contributed by atoms with Gasteiger partial charge in [-0.1, -0.05) is 33.6 Å². The fourth-order valence-corrected chi connectivity index (χ4v) is 10.9. The molecular formula is C36H54O8. The quantitative estimate of drug-likeness (QED) is 0.274. The third-order valence-corrected chi connectivity index (χ3v) is 13.9. The Morgan fingerprint density at radius 3 is 2.45 bits per heavy atom. The molecule has 44 heavy (non-hydrogen) atoms. The molecule has 2 bridgehead atoms. The molecule has 2 aliphatic heterocycles. The van der Waals surface area contributed by atoms with Crippen LogP contribution in [-0.4, -0.2) is 88.3 Å². The molecule has 4 N–H and O–H groups in total. The van der Waals surface area contributed by atoms with Gasteiger partial charge in [0.2, 0.25) is 0 Å². The number of aliphatic hydroxyl groups excluding tert-OH is 2. The first kappa shape index (κ1) is 32.6. The van der Waals surface area contributed by atoms with Crippen molar-refractivity contribution < 1.29 is 39.4 Å². The van der Waals surface area contributed by atoms with Crippen molar-refractivity contribution in [2.24, 2.45) is 46.3 Å². The Bertz CT molecular complexity index is 1220. The van der Waals surface area contributed by atoms with Crippen LogP contribution < -0.4 is 0 Å². The van der Waals surface area contributed by atoms with E-state index in [1.807, 2.05) is 20.8 Å². The van der Waals surface area contributed by atoms with E-state index in [1.54, 1.807) is 20.1 Å². The van der Waals surface area contributed by atoms with Crippen LogP contribution >= 0.6 is 0 Å². The Labute approximate surface area is 262 Å². The van der Waals surface area contributed by atoms with E-state index in [4.69, 9.17) is 14.2 Å². The lowest BCUT2D eigenvalue weighted by molar-refractivity contribution is -0.211. The minimum Gasteiger partial charge on any atom is -0.387 e. The van der Waals surface area contributed by atoms with E-state index in [-0.39, 0.29) is 46.9 Å². The van der Waals surface area contributed by atoms with Crippen molar-refractivity contribution in [1.29, 1.82) is 0 Å². The van der Waals surface area contributed by atoms with E-state index in [2.05, 4.69) is 18.8 Å². The van der Waals surface area contributed by atoms with Crippen LogP contribution in [0.15, 0.2) is 11.6 Å². The highest BCUT2D eigenvalue weighted by Crippen LogP contribution is 2.71. The van der Waals surface area contributed by atoms with Gasteiger partial charge in [-0.2, -0.15) is 0 Å². The third-order valence-electron chi connectivity index (χ3n) is 13.9. The van der Waals surface area contributed by atoms with Crippen LogP contribution in [-0.2, 0) is 19.0 Å². The highest BCUT2D eigenvalue weighted by atomic mass is 16.5. The fourth-order valence-electron chi connectivity index (χ4n) is 10.9. The summed E-state index contributed by atoms with van der Waals surface area (Å²) >= 11 is 0. The van der Waals surface area contributed by atoms with Gasteiger partial charge < -0.3 is 34.6 Å². The number of methoxy groups -OCH3 is 1. The minimum absolute atomic E-state index is 0.00414. The van der Waals surface area contributed by atoms with Crippen molar-refractivity contribution in [2.45, 2.75) is 128 Å². The average Bonchev–Trinajstić information content (AvgIpc) is 3.44. The van der Waals surface area contributed by atoms with Gasteiger partial charge in [0.25, 0.3) is 0 Å². The first-order chi connectivity index (χ1) is 20.7. The zero-order valence-corrected chi connectivity index (χ0v) is 27.4. The maximum absolute atomic E-state index is 13.9. The van der Waals surface area contributed by atoms with E-state index in [0.29, 0.717) is 38.9 Å². The number of ether oxygens (including phenoxy) is 3. The predicted molar refractivity (Wildman–Crippen MR) is 164 cm³/mol. The Kier molecular flexibility index (Phi) is 8.48. The number of ketones is 1. The summed E-state index contributed by atoms with van der Waals surface area (Å²) in [6.07, 6.45) is 3.65. The van der Waals surface area contributed by atoms with Crippen molar-refractivity contribution in [1.82, 2.24) is 0 Å². The number of carbonyl (C=O) groups is 1. The van der Waals surface area contributed by atoms with Gasteiger partial charge in [-0.25, -0.2) is 0 Å². The molecule has 2 heterocycles. The first-order valence-corrected chi connectivity index (χ1v) is 17.0. The number of carbonyl (C=O) groups excluding carboxylic acids is 1. The topological polar surface area (TPSA) is 126 Å². The monoisotopic (exact) mass is 614 g/mol. The number of hydrogen-bond donors (Lipinski definition) is 4. The number of hydrogen-bond acceptors (Lipinski definition) is 8. The normalized spacial score (nSPS) is 53.3. The van der Waals surface area contributed by atoms with Crippen LogP contribution in [0.2, 0.25) is 0 Å². The molecule has 0 aromatic carbocycles. The zero-order chi connectivity index (χ0) is 31.8. The summed E-state index contributed by atoms with van der Waals surface area (Å²) in [4.78, 5) is 13.9. The van der Waals surface area contributed by atoms with Gasteiger partial charge in [0, 0.05) is 38.1 Å². The second-order valence-electron chi connectivity index (χ2n) is 15.8. The molecule has 6 rings (SSSR count). The van der Waals surface area contributed by atoms with Crippen LogP contribution in [0.3, 0.4) is 0 Å². The lowest BCUT2D eigenvalue weighted by Gasteiger charge is -2.63. The van der Waals surface area contributed by atoms with Crippen molar-refractivity contribution in [3.05, 3.63) is 11.6 Å². The summed E-state index contributed by atoms with van der Waals surface area (Å²) in [5, 5.41) is 48.1. The molecule has 3 saturated carbocycles. The van der Waals surface area contributed by atoms with Crippen LogP contribution in [0.4, 0.5) is 0 Å². The highest BCUT2D eigenvalue weighted by Gasteiger charge is 2.72. The molecule has 0 radical (unpaired) electrons. The molecule has 4 aliphatic carbocycles. The molecule has 0 aromatic heterocycles. The minimum atomic E-state index is -1.57. The third kappa shape index (κ3) is 4.63. The van der Waals surface area contributed by atoms with Crippen LogP contribution in [0.5, 0.6) is 0 Å². The summed E-state index contributed by atoms with van der Waals surface area (Å²) in [7, 11) is 1.69. The molecule has 15 atom stereocenters. The molecule has 15 unspecified atom stereocenters.